The van der Waals surface area contributed by atoms with E-state index >= 15 is 0 Å². The molecule has 2 rings (SSSR count). The quantitative estimate of drug-likeness (QED) is 0.405. The number of morpholine rings is 1. The highest BCUT2D eigenvalue weighted by Crippen LogP contribution is 2.30. The molecule has 144 valence electrons. The number of guanidine groups is 1. The number of hydrogen-bond acceptors (Lipinski definition) is 4. The van der Waals surface area contributed by atoms with Gasteiger partial charge in [0.25, 0.3) is 0 Å². The third kappa shape index (κ3) is 5.99. The van der Waals surface area contributed by atoms with Crippen molar-refractivity contribution in [3.05, 3.63) is 17.5 Å². The summed E-state index contributed by atoms with van der Waals surface area (Å²) in [5.74, 6) is 0.524. The van der Waals surface area contributed by atoms with Crippen molar-refractivity contribution in [1.82, 2.24) is 20.0 Å². The van der Waals surface area contributed by atoms with Crippen LogP contribution in [0.1, 0.15) is 11.3 Å². The van der Waals surface area contributed by atoms with Crippen molar-refractivity contribution in [3.63, 3.8) is 0 Å². The van der Waals surface area contributed by atoms with E-state index in [2.05, 4.69) is 15.4 Å². The number of ether oxygens (including phenoxy) is 2. The SMILES string of the molecule is CN=C(NCc1cn(C)nc1C(F)(F)F)N1CCOC(COC)C1.I. The average molecular weight is 477 g/mol. The van der Waals surface area contributed by atoms with Gasteiger partial charge in [-0.05, 0) is 0 Å². The van der Waals surface area contributed by atoms with Crippen LogP contribution in [0.4, 0.5) is 13.2 Å². The molecule has 1 saturated heterocycles. The second-order valence-corrected chi connectivity index (χ2v) is 5.47. The number of nitrogens with zero attached hydrogens (tertiary/aromatic N) is 4. The van der Waals surface area contributed by atoms with E-state index in [-0.39, 0.29) is 42.2 Å². The van der Waals surface area contributed by atoms with Crippen molar-refractivity contribution in [2.24, 2.45) is 12.0 Å². The number of alkyl halides is 3. The lowest BCUT2D eigenvalue weighted by atomic mass is 10.2. The minimum absolute atomic E-state index is 0. The normalized spacial score (nSPS) is 18.9. The maximum Gasteiger partial charge on any atom is 0.435 e. The van der Waals surface area contributed by atoms with Gasteiger partial charge in [-0.15, -0.1) is 24.0 Å². The number of aryl methyl sites for hydroxylation is 1. The lowest BCUT2D eigenvalue weighted by Crippen LogP contribution is -2.51. The molecule has 11 heteroatoms. The van der Waals surface area contributed by atoms with Gasteiger partial charge in [0.15, 0.2) is 11.7 Å². The molecular formula is C14H23F3IN5O2. The fourth-order valence-corrected chi connectivity index (χ4v) is 2.61. The van der Waals surface area contributed by atoms with Gasteiger partial charge in [0.2, 0.25) is 0 Å². The van der Waals surface area contributed by atoms with Gasteiger partial charge in [0.1, 0.15) is 0 Å². The predicted octanol–water partition coefficient (Wildman–Crippen LogP) is 1.48. The van der Waals surface area contributed by atoms with Gasteiger partial charge in [-0.1, -0.05) is 0 Å². The van der Waals surface area contributed by atoms with Crippen LogP contribution in [0.15, 0.2) is 11.2 Å². The zero-order valence-corrected chi connectivity index (χ0v) is 16.7. The second kappa shape index (κ2) is 9.57. The molecule has 1 atom stereocenters. The molecule has 1 aliphatic heterocycles. The average Bonchev–Trinajstić information content (AvgIpc) is 2.90. The van der Waals surface area contributed by atoms with Gasteiger partial charge in [0.05, 0.1) is 19.3 Å². The molecule has 1 N–H and O–H groups in total. The van der Waals surface area contributed by atoms with Crippen LogP contribution >= 0.6 is 24.0 Å². The van der Waals surface area contributed by atoms with Crippen molar-refractivity contribution in [2.45, 2.75) is 18.8 Å². The summed E-state index contributed by atoms with van der Waals surface area (Å²) in [6.07, 6.45) is -3.22. The Hall–Kier alpha value is -1.08. The van der Waals surface area contributed by atoms with Crippen molar-refractivity contribution in [3.8, 4) is 0 Å². The summed E-state index contributed by atoms with van der Waals surface area (Å²) in [6.45, 7) is 2.12. The number of nitrogens with one attached hydrogen (secondary N) is 1. The van der Waals surface area contributed by atoms with Crippen molar-refractivity contribution in [1.29, 1.82) is 0 Å². The Morgan fingerprint density at radius 2 is 2.24 bits per heavy atom. The number of hydrogen-bond donors (Lipinski definition) is 1. The van der Waals surface area contributed by atoms with Crippen LogP contribution in [0.2, 0.25) is 0 Å². The Bertz CT molecular complexity index is 577. The molecule has 1 aromatic heterocycles. The molecule has 0 saturated carbocycles. The Labute approximate surface area is 161 Å². The first kappa shape index (κ1) is 22.0. The van der Waals surface area contributed by atoms with E-state index in [1.54, 1.807) is 14.2 Å². The van der Waals surface area contributed by atoms with E-state index < -0.39 is 11.9 Å². The molecule has 1 aromatic rings. The zero-order valence-electron chi connectivity index (χ0n) is 14.3. The molecule has 0 spiro atoms. The van der Waals surface area contributed by atoms with Gasteiger partial charge in [-0.25, -0.2) is 0 Å². The first-order valence-corrected chi connectivity index (χ1v) is 7.51. The summed E-state index contributed by atoms with van der Waals surface area (Å²) in [4.78, 5) is 6.09. The second-order valence-electron chi connectivity index (χ2n) is 5.47. The lowest BCUT2D eigenvalue weighted by molar-refractivity contribution is -0.142. The fraction of sp³-hybridized carbons (Fsp3) is 0.714. The summed E-state index contributed by atoms with van der Waals surface area (Å²) >= 11 is 0. The lowest BCUT2D eigenvalue weighted by Gasteiger charge is -2.34. The maximum atomic E-state index is 13.0. The Morgan fingerprint density at radius 1 is 1.52 bits per heavy atom. The van der Waals surface area contributed by atoms with Crippen LogP contribution in [0, 0.1) is 0 Å². The highest BCUT2D eigenvalue weighted by molar-refractivity contribution is 14.0. The van der Waals surface area contributed by atoms with Crippen LogP contribution < -0.4 is 5.32 Å². The molecule has 0 radical (unpaired) electrons. The van der Waals surface area contributed by atoms with Crippen LogP contribution in [-0.4, -0.2) is 67.2 Å². The summed E-state index contributed by atoms with van der Waals surface area (Å²) in [6, 6.07) is 0. The smallest absolute Gasteiger partial charge is 0.382 e. The molecular weight excluding hydrogens is 454 g/mol. The van der Waals surface area contributed by atoms with Gasteiger partial charge in [0, 0.05) is 52.6 Å². The Balaban J connectivity index is 0.00000312. The summed E-state index contributed by atoms with van der Waals surface area (Å²) in [7, 11) is 4.65. The number of halogens is 4. The summed E-state index contributed by atoms with van der Waals surface area (Å²) in [5.41, 5.74) is -0.806. The standard InChI is InChI=1S/C14H22F3N5O2.HI/c1-18-13(22-4-5-24-11(8-22)9-23-3)19-6-10-7-21(2)20-12(10)14(15,16)17;/h7,11H,4-6,8-9H2,1-3H3,(H,18,19);1H. The predicted molar refractivity (Wildman–Crippen MR) is 97.0 cm³/mol. The Kier molecular flexibility index (Phi) is 8.41. The zero-order chi connectivity index (χ0) is 17.7. The van der Waals surface area contributed by atoms with Crippen molar-refractivity contribution in [2.75, 3.05) is 40.5 Å². The van der Waals surface area contributed by atoms with Gasteiger partial charge >= 0.3 is 6.18 Å². The fourth-order valence-electron chi connectivity index (χ4n) is 2.61. The molecule has 1 fully saturated rings. The summed E-state index contributed by atoms with van der Waals surface area (Å²) in [5, 5.41) is 6.47. The van der Waals surface area contributed by atoms with Crippen LogP contribution in [-0.2, 0) is 29.2 Å². The van der Waals surface area contributed by atoms with Gasteiger partial charge in [-0.3, -0.25) is 9.67 Å². The van der Waals surface area contributed by atoms with Gasteiger partial charge in [-0.2, -0.15) is 18.3 Å². The first-order valence-electron chi connectivity index (χ1n) is 7.51. The van der Waals surface area contributed by atoms with Crippen LogP contribution in [0.25, 0.3) is 0 Å². The van der Waals surface area contributed by atoms with E-state index in [9.17, 15) is 13.2 Å². The largest absolute Gasteiger partial charge is 0.435 e. The maximum absolute atomic E-state index is 13.0. The third-order valence-corrected chi connectivity index (χ3v) is 3.61. The monoisotopic (exact) mass is 477 g/mol. The number of rotatable bonds is 4. The topological polar surface area (TPSA) is 63.9 Å². The van der Waals surface area contributed by atoms with Crippen LogP contribution in [0.5, 0.6) is 0 Å². The molecule has 1 aliphatic rings. The molecule has 7 nitrogen and oxygen atoms in total. The Morgan fingerprint density at radius 3 is 2.84 bits per heavy atom. The minimum Gasteiger partial charge on any atom is -0.382 e. The molecule has 0 aromatic carbocycles. The highest BCUT2D eigenvalue weighted by Gasteiger charge is 2.37. The van der Waals surface area contributed by atoms with Crippen molar-refractivity contribution >= 4 is 29.9 Å². The number of methoxy groups -OCH3 is 1. The molecule has 2 heterocycles. The molecule has 0 bridgehead atoms. The number of aromatic nitrogens is 2. The molecule has 25 heavy (non-hydrogen) atoms. The van der Waals surface area contributed by atoms with E-state index in [0.717, 1.165) is 4.68 Å². The number of aliphatic imine (C=N–C) groups is 1. The van der Waals surface area contributed by atoms with Crippen molar-refractivity contribution < 1.29 is 22.6 Å². The van der Waals surface area contributed by atoms with Gasteiger partial charge < -0.3 is 19.7 Å². The molecule has 0 amide bonds. The van der Waals surface area contributed by atoms with E-state index in [4.69, 9.17) is 9.47 Å². The van der Waals surface area contributed by atoms with E-state index in [1.807, 2.05) is 4.90 Å². The van der Waals surface area contributed by atoms with Crippen LogP contribution in [0.3, 0.4) is 0 Å². The molecule has 1 unspecified atom stereocenters. The highest BCUT2D eigenvalue weighted by atomic mass is 127. The summed E-state index contributed by atoms with van der Waals surface area (Å²) < 4.78 is 50.8. The van der Waals surface area contributed by atoms with E-state index in [1.165, 1.54) is 13.2 Å². The third-order valence-electron chi connectivity index (χ3n) is 3.61. The van der Waals surface area contributed by atoms with E-state index in [0.29, 0.717) is 32.3 Å². The minimum atomic E-state index is -4.48. The molecule has 0 aliphatic carbocycles. The first-order chi connectivity index (χ1) is 11.3.